The van der Waals surface area contributed by atoms with Gasteiger partial charge in [-0.1, -0.05) is 38.3 Å². The second-order valence-corrected chi connectivity index (χ2v) is 4.98. The Labute approximate surface area is 106 Å². The fourth-order valence-corrected chi connectivity index (χ4v) is 1.68. The molecule has 100 valence electrons. The Morgan fingerprint density at radius 2 is 2.00 bits per heavy atom. The molecular weight excluding hydrogens is 212 g/mol. The van der Waals surface area contributed by atoms with Crippen LogP contribution in [-0.4, -0.2) is 12.6 Å². The molecule has 1 atom stereocenters. The minimum atomic E-state index is -0.177. The van der Waals surface area contributed by atoms with E-state index in [0.29, 0.717) is 12.5 Å². The van der Waals surface area contributed by atoms with E-state index in [1.807, 2.05) is 0 Å². The molecule has 0 amide bonds. The quantitative estimate of drug-likeness (QED) is 0.337. The van der Waals surface area contributed by atoms with Crippen molar-refractivity contribution in [1.29, 1.82) is 0 Å². The van der Waals surface area contributed by atoms with Crippen LogP contribution >= 0.6 is 0 Å². The minimum absolute atomic E-state index is 0.177. The van der Waals surface area contributed by atoms with Gasteiger partial charge in [0.25, 0.3) is 0 Å². The molecule has 0 saturated carbocycles. The highest BCUT2D eigenvalue weighted by atomic mass is 16.5. The first-order chi connectivity index (χ1) is 8.06. The Bertz CT molecular complexity index is 231. The second kappa shape index (κ2) is 10.4. The number of carbonyl (C=O) groups excluding carboxylic acids is 1. The molecular formula is C15H28O2. The summed E-state index contributed by atoms with van der Waals surface area (Å²) >= 11 is 0. The molecule has 0 fully saturated rings. The van der Waals surface area contributed by atoms with Gasteiger partial charge in [-0.3, -0.25) is 4.79 Å². The van der Waals surface area contributed by atoms with Crippen LogP contribution in [-0.2, 0) is 9.53 Å². The Hall–Kier alpha value is -0.790. The number of allylic oxidation sites excluding steroid dienone is 2. The van der Waals surface area contributed by atoms with Crippen LogP contribution in [0, 0.1) is 5.92 Å². The van der Waals surface area contributed by atoms with Gasteiger partial charge in [-0.25, -0.2) is 0 Å². The lowest BCUT2D eigenvalue weighted by molar-refractivity contribution is -0.141. The summed E-state index contributed by atoms with van der Waals surface area (Å²) in [6.45, 7) is 8.67. The normalized spacial score (nSPS) is 13.5. The molecule has 0 spiro atoms. The van der Waals surface area contributed by atoms with E-state index in [2.05, 4.69) is 26.8 Å². The van der Waals surface area contributed by atoms with Gasteiger partial charge in [0, 0.05) is 6.92 Å². The molecule has 0 bridgehead atoms. The number of ether oxygens (including phenoxy) is 1. The molecule has 0 N–H and O–H groups in total. The molecule has 0 aliphatic carbocycles. The van der Waals surface area contributed by atoms with Gasteiger partial charge in [-0.2, -0.15) is 0 Å². The van der Waals surface area contributed by atoms with E-state index in [0.717, 1.165) is 12.8 Å². The summed E-state index contributed by atoms with van der Waals surface area (Å²) < 4.78 is 4.94. The van der Waals surface area contributed by atoms with Crippen molar-refractivity contribution in [2.45, 2.75) is 66.2 Å². The summed E-state index contributed by atoms with van der Waals surface area (Å²) in [7, 11) is 0. The van der Waals surface area contributed by atoms with E-state index in [1.165, 1.54) is 38.2 Å². The monoisotopic (exact) mass is 240 g/mol. The molecule has 0 radical (unpaired) electrons. The van der Waals surface area contributed by atoms with Gasteiger partial charge in [-0.05, 0) is 38.5 Å². The molecule has 0 aliphatic heterocycles. The van der Waals surface area contributed by atoms with Crippen molar-refractivity contribution in [3.8, 4) is 0 Å². The van der Waals surface area contributed by atoms with Crippen molar-refractivity contribution >= 4 is 5.97 Å². The smallest absolute Gasteiger partial charge is 0.302 e. The molecule has 0 heterocycles. The number of hydrogen-bond acceptors (Lipinski definition) is 2. The molecule has 0 aliphatic rings. The average Bonchev–Trinajstić information content (AvgIpc) is 2.26. The summed E-state index contributed by atoms with van der Waals surface area (Å²) in [6, 6.07) is 0. The molecule has 0 aromatic heterocycles. The predicted octanol–water partition coefficient (Wildman–Crippen LogP) is 4.49. The Kier molecular flexibility index (Phi) is 9.89. The summed E-state index contributed by atoms with van der Waals surface area (Å²) in [5.41, 5.74) is 1.50. The SMILES string of the molecule is CCCCCC(C)=CCC(C)CCOC(C)=O. The van der Waals surface area contributed by atoms with Crippen LogP contribution in [0.2, 0.25) is 0 Å². The Morgan fingerprint density at radius 1 is 1.29 bits per heavy atom. The number of hydrogen-bond donors (Lipinski definition) is 0. The molecule has 0 aromatic rings. The van der Waals surface area contributed by atoms with E-state index in [9.17, 15) is 4.79 Å². The maximum absolute atomic E-state index is 10.6. The van der Waals surface area contributed by atoms with Crippen LogP contribution in [0.25, 0.3) is 0 Å². The number of unbranched alkanes of at least 4 members (excludes halogenated alkanes) is 2. The first-order valence-electron chi connectivity index (χ1n) is 6.85. The zero-order valence-corrected chi connectivity index (χ0v) is 11.9. The van der Waals surface area contributed by atoms with Gasteiger partial charge in [0.1, 0.15) is 0 Å². The Balaban J connectivity index is 3.61. The molecule has 0 saturated heterocycles. The third-order valence-corrected chi connectivity index (χ3v) is 2.96. The predicted molar refractivity (Wildman–Crippen MR) is 72.9 cm³/mol. The number of esters is 1. The molecule has 0 aromatic carbocycles. The Morgan fingerprint density at radius 3 is 2.59 bits per heavy atom. The van der Waals surface area contributed by atoms with Crippen molar-refractivity contribution in [2.75, 3.05) is 6.61 Å². The third kappa shape index (κ3) is 11.5. The lowest BCUT2D eigenvalue weighted by atomic mass is 10.0. The fourth-order valence-electron chi connectivity index (χ4n) is 1.68. The van der Waals surface area contributed by atoms with Gasteiger partial charge in [0.2, 0.25) is 0 Å². The largest absolute Gasteiger partial charge is 0.466 e. The van der Waals surface area contributed by atoms with Gasteiger partial charge < -0.3 is 4.74 Å². The van der Waals surface area contributed by atoms with Crippen LogP contribution < -0.4 is 0 Å². The van der Waals surface area contributed by atoms with Crippen LogP contribution in [0.3, 0.4) is 0 Å². The highest BCUT2D eigenvalue weighted by Crippen LogP contribution is 2.14. The molecule has 2 nitrogen and oxygen atoms in total. The van der Waals surface area contributed by atoms with Crippen LogP contribution in [0.5, 0.6) is 0 Å². The summed E-state index contributed by atoms with van der Waals surface area (Å²) in [5, 5.41) is 0. The molecule has 2 heteroatoms. The standard InChI is InChI=1S/C15H28O2/c1-5-6-7-8-13(2)9-10-14(3)11-12-17-15(4)16/h9,14H,5-8,10-12H2,1-4H3. The topological polar surface area (TPSA) is 26.3 Å². The number of rotatable bonds is 9. The molecule has 1 unspecified atom stereocenters. The van der Waals surface area contributed by atoms with E-state index in [-0.39, 0.29) is 5.97 Å². The van der Waals surface area contributed by atoms with Gasteiger partial charge in [0.05, 0.1) is 6.61 Å². The number of carbonyl (C=O) groups is 1. The van der Waals surface area contributed by atoms with Gasteiger partial charge >= 0.3 is 5.97 Å². The van der Waals surface area contributed by atoms with Crippen molar-refractivity contribution in [1.82, 2.24) is 0 Å². The van der Waals surface area contributed by atoms with Gasteiger partial charge in [-0.15, -0.1) is 0 Å². The highest BCUT2D eigenvalue weighted by molar-refractivity contribution is 5.65. The fraction of sp³-hybridized carbons (Fsp3) is 0.800. The lowest BCUT2D eigenvalue weighted by Gasteiger charge is -2.09. The van der Waals surface area contributed by atoms with E-state index in [4.69, 9.17) is 4.74 Å². The summed E-state index contributed by atoms with van der Waals surface area (Å²) in [4.78, 5) is 10.6. The van der Waals surface area contributed by atoms with Crippen molar-refractivity contribution in [3.05, 3.63) is 11.6 Å². The van der Waals surface area contributed by atoms with Crippen LogP contribution in [0.1, 0.15) is 66.2 Å². The van der Waals surface area contributed by atoms with E-state index >= 15 is 0 Å². The lowest BCUT2D eigenvalue weighted by Crippen LogP contribution is -2.04. The third-order valence-electron chi connectivity index (χ3n) is 2.96. The maximum atomic E-state index is 10.6. The van der Waals surface area contributed by atoms with Gasteiger partial charge in [0.15, 0.2) is 0 Å². The van der Waals surface area contributed by atoms with Crippen LogP contribution in [0.4, 0.5) is 0 Å². The molecule has 17 heavy (non-hydrogen) atoms. The van der Waals surface area contributed by atoms with Crippen molar-refractivity contribution in [3.63, 3.8) is 0 Å². The maximum Gasteiger partial charge on any atom is 0.302 e. The zero-order chi connectivity index (χ0) is 13.1. The van der Waals surface area contributed by atoms with E-state index in [1.54, 1.807) is 0 Å². The zero-order valence-electron chi connectivity index (χ0n) is 11.9. The minimum Gasteiger partial charge on any atom is -0.466 e. The van der Waals surface area contributed by atoms with Crippen LogP contribution in [0.15, 0.2) is 11.6 Å². The van der Waals surface area contributed by atoms with Crippen molar-refractivity contribution < 1.29 is 9.53 Å². The second-order valence-electron chi connectivity index (χ2n) is 4.98. The first-order valence-corrected chi connectivity index (χ1v) is 6.85. The first kappa shape index (κ1) is 16.2. The molecule has 0 rings (SSSR count). The summed E-state index contributed by atoms with van der Waals surface area (Å²) in [5.74, 6) is 0.416. The highest BCUT2D eigenvalue weighted by Gasteiger charge is 2.02. The average molecular weight is 240 g/mol. The van der Waals surface area contributed by atoms with E-state index < -0.39 is 0 Å². The summed E-state index contributed by atoms with van der Waals surface area (Å²) in [6.07, 6.45) is 9.54. The van der Waals surface area contributed by atoms with Crippen molar-refractivity contribution in [2.24, 2.45) is 5.92 Å².